The molecule has 1 amide bonds. The van der Waals surface area contributed by atoms with Gasteiger partial charge < -0.3 is 20.5 Å². The third-order valence-electron chi connectivity index (χ3n) is 5.53. The lowest BCUT2D eigenvalue weighted by molar-refractivity contribution is -0.127. The van der Waals surface area contributed by atoms with Crippen molar-refractivity contribution in [3.05, 3.63) is 36.3 Å². The number of amides is 1. The van der Waals surface area contributed by atoms with Gasteiger partial charge in [0.15, 0.2) is 0 Å². The molecule has 4 heterocycles. The summed E-state index contributed by atoms with van der Waals surface area (Å²) in [7, 11) is 0. The molecule has 1 aliphatic rings. The van der Waals surface area contributed by atoms with Gasteiger partial charge in [0.2, 0.25) is 5.95 Å². The van der Waals surface area contributed by atoms with Crippen LogP contribution in [-0.2, 0) is 11.3 Å². The molecular formula is C23H29N9O. The Balaban J connectivity index is 1.52. The van der Waals surface area contributed by atoms with E-state index in [1.807, 2.05) is 43.9 Å². The minimum Gasteiger partial charge on any atom is -0.365 e. The van der Waals surface area contributed by atoms with Crippen LogP contribution in [0.3, 0.4) is 0 Å². The molecule has 33 heavy (non-hydrogen) atoms. The molecule has 1 fully saturated rings. The average molecular weight is 448 g/mol. The number of carbonyl (C=O) groups excluding carboxylic acids is 1. The quantitative estimate of drug-likeness (QED) is 0.374. The highest BCUT2D eigenvalue weighted by Crippen LogP contribution is 2.25. The normalized spacial score (nSPS) is 16.8. The summed E-state index contributed by atoms with van der Waals surface area (Å²) < 4.78 is 1.82. The first-order valence-electron chi connectivity index (χ1n) is 11.3. The number of piperidine rings is 1. The molecule has 0 bridgehead atoms. The first-order chi connectivity index (χ1) is 16.0. The Morgan fingerprint density at radius 1 is 1.42 bits per heavy atom. The largest absolute Gasteiger partial charge is 0.365 e. The summed E-state index contributed by atoms with van der Waals surface area (Å²) in [5, 5.41) is 21.3. The minimum absolute atomic E-state index is 0.0189. The second kappa shape index (κ2) is 9.73. The Morgan fingerprint density at radius 3 is 3.00 bits per heavy atom. The lowest BCUT2D eigenvalue weighted by atomic mass is 10.0. The van der Waals surface area contributed by atoms with E-state index in [9.17, 15) is 10.1 Å². The summed E-state index contributed by atoms with van der Waals surface area (Å²) in [6.07, 6.45) is 8.95. The van der Waals surface area contributed by atoms with Crippen molar-refractivity contribution in [3.8, 4) is 6.07 Å². The first-order valence-corrected chi connectivity index (χ1v) is 11.3. The maximum atomic E-state index is 12.9. The number of allylic oxidation sites excluding steroid dienone is 1. The third-order valence-corrected chi connectivity index (χ3v) is 5.53. The van der Waals surface area contributed by atoms with Crippen LogP contribution in [-0.4, -0.2) is 54.7 Å². The standard InChI is InChI=1S/C23H29N9O/c1-4-32-14-18(12-26-32)28-23-29-20-19(7-8-25-20)21(30-23)27-17-6-5-9-31(13-17)22(33)16(11-24)10-15(2)3/h7-8,10,12,14-15,17H,4-6,9,13H2,1-3H3,(H3,25,27,28,29,30)/b16-10+. The van der Waals surface area contributed by atoms with Crippen LogP contribution in [0.4, 0.5) is 17.5 Å². The van der Waals surface area contributed by atoms with E-state index in [-0.39, 0.29) is 23.4 Å². The number of fused-ring (bicyclic) bond motifs is 1. The highest BCUT2D eigenvalue weighted by molar-refractivity contribution is 5.97. The highest BCUT2D eigenvalue weighted by Gasteiger charge is 2.26. The van der Waals surface area contributed by atoms with Gasteiger partial charge in [0.25, 0.3) is 5.91 Å². The average Bonchev–Trinajstić information content (AvgIpc) is 3.46. The van der Waals surface area contributed by atoms with E-state index in [0.717, 1.165) is 30.5 Å². The van der Waals surface area contributed by atoms with Gasteiger partial charge in [0.05, 0.1) is 17.3 Å². The van der Waals surface area contributed by atoms with Crippen molar-refractivity contribution in [3.63, 3.8) is 0 Å². The molecule has 1 saturated heterocycles. The summed E-state index contributed by atoms with van der Waals surface area (Å²) in [4.78, 5) is 27.0. The lowest BCUT2D eigenvalue weighted by Gasteiger charge is -2.33. The number of nitrogens with one attached hydrogen (secondary N) is 3. The Labute approximate surface area is 192 Å². The Kier molecular flexibility index (Phi) is 6.58. The van der Waals surface area contributed by atoms with Crippen molar-refractivity contribution < 1.29 is 4.79 Å². The van der Waals surface area contributed by atoms with Crippen LogP contribution in [0.5, 0.6) is 0 Å². The topological polar surface area (TPSA) is 128 Å². The Bertz CT molecular complexity index is 1200. The number of carbonyl (C=O) groups is 1. The van der Waals surface area contributed by atoms with Crippen LogP contribution in [0, 0.1) is 17.2 Å². The summed E-state index contributed by atoms with van der Waals surface area (Å²) in [5.74, 6) is 1.09. The summed E-state index contributed by atoms with van der Waals surface area (Å²) >= 11 is 0. The molecule has 0 spiro atoms. The van der Waals surface area contributed by atoms with Crippen LogP contribution >= 0.6 is 0 Å². The summed E-state index contributed by atoms with van der Waals surface area (Å²) in [6, 6.07) is 4.01. The lowest BCUT2D eigenvalue weighted by Crippen LogP contribution is -2.45. The molecule has 3 aromatic rings. The molecule has 172 valence electrons. The van der Waals surface area contributed by atoms with Crippen molar-refractivity contribution >= 4 is 34.4 Å². The molecule has 0 aliphatic carbocycles. The number of likely N-dealkylation sites (tertiary alicyclic amines) is 1. The molecule has 0 saturated carbocycles. The SMILES string of the molecule is CCn1cc(Nc2nc(NC3CCCN(C(=O)/C(C#N)=C/C(C)C)C3)c3cc[nH]c3n2)cn1. The summed E-state index contributed by atoms with van der Waals surface area (Å²) in [6.45, 7) is 7.88. The monoisotopic (exact) mass is 447 g/mol. The van der Waals surface area contributed by atoms with E-state index in [2.05, 4.69) is 31.8 Å². The number of aryl methyl sites for hydroxylation is 1. The van der Waals surface area contributed by atoms with Gasteiger partial charge in [-0.15, -0.1) is 0 Å². The van der Waals surface area contributed by atoms with E-state index in [0.29, 0.717) is 30.5 Å². The van der Waals surface area contributed by atoms with Gasteiger partial charge in [-0.25, -0.2) is 0 Å². The van der Waals surface area contributed by atoms with Crippen molar-refractivity contribution in [1.82, 2.24) is 29.6 Å². The number of nitrogens with zero attached hydrogens (tertiary/aromatic N) is 6. The molecule has 0 radical (unpaired) electrons. The van der Waals surface area contributed by atoms with Crippen LogP contribution in [0.15, 0.2) is 36.3 Å². The molecule has 0 aromatic carbocycles. The predicted molar refractivity (Wildman–Crippen MR) is 127 cm³/mol. The van der Waals surface area contributed by atoms with E-state index in [4.69, 9.17) is 4.98 Å². The van der Waals surface area contributed by atoms with Gasteiger partial charge in [0, 0.05) is 38.1 Å². The maximum Gasteiger partial charge on any atom is 0.264 e. The van der Waals surface area contributed by atoms with Crippen LogP contribution < -0.4 is 10.6 Å². The van der Waals surface area contributed by atoms with E-state index >= 15 is 0 Å². The van der Waals surface area contributed by atoms with Crippen molar-refractivity contribution in [2.75, 3.05) is 23.7 Å². The highest BCUT2D eigenvalue weighted by atomic mass is 16.2. The number of hydrogen-bond acceptors (Lipinski definition) is 7. The Hall–Kier alpha value is -3.87. The third kappa shape index (κ3) is 5.14. The molecule has 3 N–H and O–H groups in total. The number of anilines is 3. The fourth-order valence-electron chi connectivity index (χ4n) is 3.97. The van der Waals surface area contributed by atoms with Crippen molar-refractivity contribution in [2.24, 2.45) is 5.92 Å². The molecule has 4 rings (SSSR count). The molecule has 1 atom stereocenters. The van der Waals surface area contributed by atoms with E-state index in [1.54, 1.807) is 17.2 Å². The second-order valence-corrected chi connectivity index (χ2v) is 8.52. The smallest absolute Gasteiger partial charge is 0.264 e. The molecule has 3 aromatic heterocycles. The van der Waals surface area contributed by atoms with Gasteiger partial charge in [-0.05, 0) is 31.7 Å². The summed E-state index contributed by atoms with van der Waals surface area (Å²) in [5.41, 5.74) is 1.73. The number of aromatic amines is 1. The minimum atomic E-state index is -0.206. The van der Waals surface area contributed by atoms with E-state index < -0.39 is 0 Å². The maximum absolute atomic E-state index is 12.9. The number of nitriles is 1. The first kappa shape index (κ1) is 22.3. The molecule has 10 heteroatoms. The van der Waals surface area contributed by atoms with Crippen molar-refractivity contribution in [1.29, 1.82) is 5.26 Å². The van der Waals surface area contributed by atoms with Crippen LogP contribution in [0.2, 0.25) is 0 Å². The zero-order valence-corrected chi connectivity index (χ0v) is 19.2. The zero-order valence-electron chi connectivity index (χ0n) is 19.2. The van der Waals surface area contributed by atoms with Gasteiger partial charge in [0.1, 0.15) is 23.1 Å². The fraction of sp³-hybridized carbons (Fsp3) is 0.435. The Morgan fingerprint density at radius 2 is 2.27 bits per heavy atom. The molecule has 10 nitrogen and oxygen atoms in total. The second-order valence-electron chi connectivity index (χ2n) is 8.52. The van der Waals surface area contributed by atoms with Crippen LogP contribution in [0.1, 0.15) is 33.6 Å². The fourth-order valence-corrected chi connectivity index (χ4v) is 3.97. The van der Waals surface area contributed by atoms with Crippen LogP contribution in [0.25, 0.3) is 11.0 Å². The molecule has 1 aliphatic heterocycles. The number of rotatable bonds is 7. The number of H-pyrrole nitrogens is 1. The van der Waals surface area contributed by atoms with Gasteiger partial charge in [-0.2, -0.15) is 20.3 Å². The molecule has 1 unspecified atom stereocenters. The van der Waals surface area contributed by atoms with Gasteiger partial charge in [-0.3, -0.25) is 9.48 Å². The van der Waals surface area contributed by atoms with Gasteiger partial charge in [-0.1, -0.05) is 19.9 Å². The van der Waals surface area contributed by atoms with E-state index in [1.165, 1.54) is 0 Å². The van der Waals surface area contributed by atoms with Crippen molar-refractivity contribution in [2.45, 2.75) is 46.2 Å². The molecular weight excluding hydrogens is 418 g/mol. The number of hydrogen-bond donors (Lipinski definition) is 3. The number of aromatic nitrogens is 5. The zero-order chi connectivity index (χ0) is 23.4. The van der Waals surface area contributed by atoms with Gasteiger partial charge >= 0.3 is 0 Å². The predicted octanol–water partition coefficient (Wildman–Crippen LogP) is 3.43.